The van der Waals surface area contributed by atoms with Crippen molar-refractivity contribution in [1.29, 1.82) is 0 Å². The number of aryl methyl sites for hydroxylation is 1. The molecular formula is C23H25ClN4O2S. The van der Waals surface area contributed by atoms with Crippen LogP contribution >= 0.6 is 23.4 Å². The predicted molar refractivity (Wildman–Crippen MR) is 127 cm³/mol. The molecule has 31 heavy (non-hydrogen) atoms. The fourth-order valence-corrected chi connectivity index (χ4v) is 4.50. The number of nitrogens with zero attached hydrogens (tertiary/aromatic N) is 2. The van der Waals surface area contributed by atoms with Crippen molar-refractivity contribution in [2.24, 2.45) is 0 Å². The van der Waals surface area contributed by atoms with Crippen LogP contribution in [0.4, 0.5) is 11.4 Å². The van der Waals surface area contributed by atoms with E-state index in [1.54, 1.807) is 18.0 Å². The van der Waals surface area contributed by atoms with Crippen LogP contribution in [0.3, 0.4) is 0 Å². The first kappa shape index (κ1) is 22.9. The van der Waals surface area contributed by atoms with Gasteiger partial charge in [0.05, 0.1) is 17.7 Å². The molecule has 0 bridgehead atoms. The molecule has 1 unspecified atom stereocenters. The molecule has 0 fully saturated rings. The Morgan fingerprint density at radius 1 is 1.06 bits per heavy atom. The fraction of sp³-hybridized carbons (Fsp3) is 0.261. The Labute approximate surface area is 191 Å². The van der Waals surface area contributed by atoms with Crippen LogP contribution in [0.2, 0.25) is 5.02 Å². The second-order valence-electron chi connectivity index (χ2n) is 7.23. The molecule has 6 nitrogen and oxygen atoms in total. The number of carbonyl (C=O) groups excluding carboxylic acids is 2. The lowest BCUT2D eigenvalue weighted by Gasteiger charge is -2.19. The predicted octanol–water partition coefficient (Wildman–Crippen LogP) is 5.25. The number of nitrogens with one attached hydrogen (secondary N) is 2. The number of hydrogen-bond donors (Lipinski definition) is 2. The van der Waals surface area contributed by atoms with Gasteiger partial charge >= 0.3 is 0 Å². The first-order chi connectivity index (χ1) is 14.9. The number of aromatic nitrogens is 2. The van der Waals surface area contributed by atoms with E-state index in [1.807, 2.05) is 42.9 Å². The third-order valence-electron chi connectivity index (χ3n) is 4.56. The minimum Gasteiger partial charge on any atom is -0.336 e. The van der Waals surface area contributed by atoms with Crippen molar-refractivity contribution in [3.63, 3.8) is 0 Å². The van der Waals surface area contributed by atoms with E-state index in [0.29, 0.717) is 11.4 Å². The summed E-state index contributed by atoms with van der Waals surface area (Å²) in [7, 11) is 0. The van der Waals surface area contributed by atoms with Gasteiger partial charge < -0.3 is 15.2 Å². The summed E-state index contributed by atoms with van der Waals surface area (Å²) >= 11 is 7.74. The number of rotatable bonds is 9. The van der Waals surface area contributed by atoms with Crippen molar-refractivity contribution in [2.45, 2.75) is 43.4 Å². The summed E-state index contributed by atoms with van der Waals surface area (Å²) in [5.41, 5.74) is 2.41. The molecule has 162 valence electrons. The van der Waals surface area contributed by atoms with Crippen LogP contribution in [0.25, 0.3) is 0 Å². The van der Waals surface area contributed by atoms with E-state index < -0.39 is 0 Å². The third-order valence-corrected chi connectivity index (χ3v) is 6.05. The van der Waals surface area contributed by atoms with Crippen LogP contribution < -0.4 is 10.6 Å². The van der Waals surface area contributed by atoms with E-state index >= 15 is 0 Å². The van der Waals surface area contributed by atoms with E-state index in [4.69, 9.17) is 11.6 Å². The van der Waals surface area contributed by atoms with E-state index in [9.17, 15) is 9.59 Å². The third kappa shape index (κ3) is 7.45. The summed E-state index contributed by atoms with van der Waals surface area (Å²) < 4.78 is 2.07. The summed E-state index contributed by atoms with van der Waals surface area (Å²) in [5.74, 6) is -0.376. The minimum absolute atomic E-state index is 0.187. The molecule has 0 aliphatic carbocycles. The average molecular weight is 457 g/mol. The van der Waals surface area contributed by atoms with Crippen molar-refractivity contribution in [1.82, 2.24) is 9.55 Å². The highest BCUT2D eigenvalue weighted by Crippen LogP contribution is 2.33. The van der Waals surface area contributed by atoms with Gasteiger partial charge in [0.1, 0.15) is 0 Å². The molecule has 8 heteroatoms. The van der Waals surface area contributed by atoms with Gasteiger partial charge in [0, 0.05) is 48.0 Å². The zero-order valence-corrected chi connectivity index (χ0v) is 19.0. The Hall–Kier alpha value is -2.77. The van der Waals surface area contributed by atoms with Crippen LogP contribution in [-0.4, -0.2) is 26.6 Å². The van der Waals surface area contributed by atoms with Gasteiger partial charge in [0.25, 0.3) is 0 Å². The zero-order valence-electron chi connectivity index (χ0n) is 17.5. The molecule has 2 N–H and O–H groups in total. The number of imidazole rings is 1. The van der Waals surface area contributed by atoms with E-state index in [2.05, 4.69) is 32.3 Å². The van der Waals surface area contributed by atoms with Gasteiger partial charge in [-0.1, -0.05) is 23.7 Å². The number of benzene rings is 2. The maximum absolute atomic E-state index is 11.6. The lowest BCUT2D eigenvalue weighted by molar-refractivity contribution is -0.115. The highest BCUT2D eigenvalue weighted by atomic mass is 35.5. The summed E-state index contributed by atoms with van der Waals surface area (Å²) in [6, 6.07) is 13.6. The van der Waals surface area contributed by atoms with Gasteiger partial charge in [-0.15, -0.1) is 11.8 Å². The number of thioether (sulfide) groups is 1. The Kier molecular flexibility index (Phi) is 8.14. The van der Waals surface area contributed by atoms with Gasteiger partial charge in [0.15, 0.2) is 0 Å². The molecule has 3 rings (SSSR count). The summed E-state index contributed by atoms with van der Waals surface area (Å²) in [5, 5.41) is 6.58. The first-order valence-electron chi connectivity index (χ1n) is 9.95. The highest BCUT2D eigenvalue weighted by Gasteiger charge is 2.14. The maximum atomic E-state index is 11.6. The van der Waals surface area contributed by atoms with Crippen molar-refractivity contribution >= 4 is 46.6 Å². The van der Waals surface area contributed by atoms with E-state index in [0.717, 1.165) is 29.3 Å². The largest absolute Gasteiger partial charge is 0.336 e. The number of amides is 2. The molecule has 0 saturated heterocycles. The Morgan fingerprint density at radius 2 is 1.77 bits per heavy atom. The Bertz CT molecular complexity index is 1020. The molecule has 0 saturated carbocycles. The topological polar surface area (TPSA) is 76.0 Å². The monoisotopic (exact) mass is 456 g/mol. The molecule has 1 atom stereocenters. The molecule has 3 aromatic rings. The first-order valence-corrected chi connectivity index (χ1v) is 11.2. The number of anilines is 2. The van der Waals surface area contributed by atoms with Crippen LogP contribution in [0.1, 0.15) is 25.8 Å². The second kappa shape index (κ2) is 11.0. The van der Waals surface area contributed by atoms with Crippen LogP contribution in [0.5, 0.6) is 0 Å². The van der Waals surface area contributed by atoms with Gasteiger partial charge in [-0.25, -0.2) is 4.98 Å². The molecule has 0 aliphatic rings. The summed E-state index contributed by atoms with van der Waals surface area (Å²) in [6.07, 6.45) is 7.43. The number of hydrogen-bond acceptors (Lipinski definition) is 4. The zero-order chi connectivity index (χ0) is 22.2. The fourth-order valence-electron chi connectivity index (χ4n) is 3.18. The standard InChI is InChI=1S/C23H25ClN4O2S/c1-16(29)26-22-10-9-20(13-23(22)27-17(2)30)31-21(14-28-12-11-25-15-28)8-5-18-3-6-19(24)7-4-18/h3-4,6-7,9-13,15,21H,5,8,14H2,1-2H3,(H,26,29)(H,27,30). The van der Waals surface area contributed by atoms with Crippen molar-refractivity contribution in [2.75, 3.05) is 10.6 Å². The normalized spacial score (nSPS) is 11.7. The summed E-state index contributed by atoms with van der Waals surface area (Å²) in [6.45, 7) is 3.70. The lowest BCUT2D eigenvalue weighted by atomic mass is 10.1. The van der Waals surface area contributed by atoms with Gasteiger partial charge in [-0.3, -0.25) is 9.59 Å². The lowest BCUT2D eigenvalue weighted by Crippen LogP contribution is -2.14. The molecule has 0 spiro atoms. The SMILES string of the molecule is CC(=O)Nc1ccc(SC(CCc2ccc(Cl)cc2)Cn2ccnc2)cc1NC(C)=O. The van der Waals surface area contributed by atoms with Crippen molar-refractivity contribution in [3.05, 3.63) is 71.8 Å². The Balaban J connectivity index is 1.77. The van der Waals surface area contributed by atoms with Crippen LogP contribution in [0, 0.1) is 0 Å². The number of halogens is 1. The molecule has 1 heterocycles. The van der Waals surface area contributed by atoms with E-state index in [1.165, 1.54) is 19.4 Å². The second-order valence-corrected chi connectivity index (χ2v) is 9.04. The molecule has 0 radical (unpaired) electrons. The molecule has 2 aromatic carbocycles. The van der Waals surface area contributed by atoms with Crippen molar-refractivity contribution < 1.29 is 9.59 Å². The quantitative estimate of drug-likeness (QED) is 0.431. The molecule has 2 amide bonds. The highest BCUT2D eigenvalue weighted by molar-refractivity contribution is 8.00. The minimum atomic E-state index is -0.188. The van der Waals surface area contributed by atoms with Gasteiger partial charge in [-0.05, 0) is 48.7 Å². The molecule has 1 aromatic heterocycles. The van der Waals surface area contributed by atoms with E-state index in [-0.39, 0.29) is 17.1 Å². The molecular weight excluding hydrogens is 432 g/mol. The average Bonchev–Trinajstić information content (AvgIpc) is 3.21. The summed E-state index contributed by atoms with van der Waals surface area (Å²) in [4.78, 5) is 28.3. The van der Waals surface area contributed by atoms with Crippen LogP contribution in [-0.2, 0) is 22.6 Å². The van der Waals surface area contributed by atoms with Crippen molar-refractivity contribution in [3.8, 4) is 0 Å². The van der Waals surface area contributed by atoms with Gasteiger partial charge in [-0.2, -0.15) is 0 Å². The smallest absolute Gasteiger partial charge is 0.221 e. The van der Waals surface area contributed by atoms with Crippen LogP contribution in [0.15, 0.2) is 66.1 Å². The Morgan fingerprint density at radius 3 is 2.42 bits per heavy atom. The molecule has 0 aliphatic heterocycles. The maximum Gasteiger partial charge on any atom is 0.221 e. The van der Waals surface area contributed by atoms with Gasteiger partial charge in [0.2, 0.25) is 11.8 Å². The number of carbonyl (C=O) groups is 2.